The number of carboxylic acids is 1. The molecule has 10 rings (SSSR count). The van der Waals surface area contributed by atoms with E-state index < -0.39 is 77.5 Å². The molecule has 4 bridgehead atoms. The second-order valence-electron chi connectivity index (χ2n) is 18.4. The Hall–Kier alpha value is -4.62. The highest BCUT2D eigenvalue weighted by atomic mass is 127. The van der Waals surface area contributed by atoms with Crippen molar-refractivity contribution in [3.8, 4) is 5.75 Å². The Labute approximate surface area is 525 Å². The highest BCUT2D eigenvalue weighted by Gasteiger charge is 2.55. The number of carboxylic acid groups (broad SMARTS) is 1. The van der Waals surface area contributed by atoms with Crippen LogP contribution in [0.25, 0.3) is 0 Å². The zero-order chi connectivity index (χ0) is 63.4. The average Bonchev–Trinajstić information content (AvgIpc) is 0.917. The number of hydrogen-bond acceptors (Lipinski definition) is 23. The lowest BCUT2D eigenvalue weighted by Gasteiger charge is -2.55. The highest BCUT2D eigenvalue weighted by molar-refractivity contribution is 14.1. The summed E-state index contributed by atoms with van der Waals surface area (Å²) in [6.45, 7) is 1.74. The molecule has 4 fully saturated rings. The molecule has 24 nitrogen and oxygen atoms in total. The van der Waals surface area contributed by atoms with Gasteiger partial charge in [0.15, 0.2) is 0 Å². The van der Waals surface area contributed by atoms with Gasteiger partial charge in [0.05, 0.1) is 53.0 Å². The Balaban J connectivity index is 0.000000222. The van der Waals surface area contributed by atoms with E-state index in [2.05, 4.69) is 4.74 Å². The molecule has 0 radical (unpaired) electrons. The fraction of sp³-hybridized carbons (Fsp3) is 0.235. The lowest BCUT2D eigenvalue weighted by Crippen LogP contribution is -2.51. The number of methoxy groups -OCH3 is 1. The first-order chi connectivity index (χ1) is 38.6. The Kier molecular flexibility index (Phi) is 25.5. The largest absolute Gasteiger partial charge is 0.744 e. The van der Waals surface area contributed by atoms with Crippen LogP contribution < -0.4 is 4.74 Å². The van der Waals surface area contributed by atoms with Gasteiger partial charge in [0.25, 0.3) is 0 Å². The summed E-state index contributed by atoms with van der Waals surface area (Å²) in [4.78, 5) is 32.4. The third kappa shape index (κ3) is 22.3. The second-order valence-corrected chi connectivity index (χ2v) is 30.2. The van der Waals surface area contributed by atoms with Crippen LogP contribution in [-0.4, -0.2) is 108 Å². The monoisotopic (exact) mass is 1610 g/mol. The van der Waals surface area contributed by atoms with Crippen molar-refractivity contribution in [2.75, 3.05) is 7.11 Å². The number of hydrogen-bond donors (Lipinski definition) is 1. The summed E-state index contributed by atoms with van der Waals surface area (Å²) in [5.74, 6) is 0.326. The van der Waals surface area contributed by atoms with Gasteiger partial charge in [0.1, 0.15) is 66.5 Å². The van der Waals surface area contributed by atoms with E-state index in [9.17, 15) is 92.2 Å². The third-order valence-corrected chi connectivity index (χ3v) is 20.8. The van der Waals surface area contributed by atoms with Gasteiger partial charge in [0, 0.05) is 10.7 Å². The number of carbonyl (C=O) groups excluding carboxylic acids is 2. The molecule has 0 heterocycles. The number of ether oxygens (including phenoxy) is 2. The zero-order valence-corrected chi connectivity index (χ0v) is 54.5. The van der Waals surface area contributed by atoms with Crippen LogP contribution in [0, 0.1) is 40.8 Å². The quantitative estimate of drug-likeness (QED) is 0.0609. The average molecular weight is 1620 g/mol. The lowest BCUT2D eigenvalue weighted by molar-refractivity contribution is -0.161. The summed E-state index contributed by atoms with van der Waals surface area (Å²) in [5, 5.41) is 8.45. The Morgan fingerprint density at radius 1 is 0.476 bits per heavy atom. The van der Waals surface area contributed by atoms with E-state index in [0.29, 0.717) is 30.6 Å². The first-order valence-electron chi connectivity index (χ1n) is 23.5. The molecule has 4 aliphatic carbocycles. The van der Waals surface area contributed by atoms with Crippen molar-refractivity contribution in [2.45, 2.75) is 74.8 Å². The fourth-order valence-corrected chi connectivity index (χ4v) is 14.7. The van der Waals surface area contributed by atoms with Gasteiger partial charge in [-0.25, -0.2) is 60.1 Å². The third-order valence-electron chi connectivity index (χ3n) is 12.3. The Morgan fingerprint density at radius 2 is 0.833 bits per heavy atom. The second kappa shape index (κ2) is 29.9. The van der Waals surface area contributed by atoms with Gasteiger partial charge < -0.3 is 41.9 Å². The number of esters is 2. The molecule has 0 amide bonds. The van der Waals surface area contributed by atoms with Gasteiger partial charge in [-0.2, -0.15) is 0 Å². The standard InChI is InChI=1S/C17H20O5S.C8H8O5S.C7H7IO3S.C7H6O5S.2C6H5IO3S/c18-16(22-14-1-3-15(4-2-14)23(19,20)21)17-8-11-5-12(9-17)7-13(6-11)10-17;1-13-8(9)6-2-4-7(5-3-6)14(10,11)12;1-5-2-3-6(8)7(4-5)12(9,10)11;8-7(9)5-1-3-6(4-2-5)13(10,11)12;7-5-1-3-6(4-2-5)11(8,9)10;7-5-3-1-2-4-6(5)11(8,9)10/h1-4,11-13H,5-10H2,(H,19,20,21);2-5H,1H3,(H,10,11,12);2-4H,1H3,(H,9,10,11);1-4H,(H,8,9)(H,10,11,12);2*1-4H,(H,8,9,10)/p-6. The highest BCUT2D eigenvalue weighted by Crippen LogP contribution is 2.60. The molecule has 4 aliphatic rings. The summed E-state index contributed by atoms with van der Waals surface area (Å²) in [6, 6.07) is 30.3. The van der Waals surface area contributed by atoms with E-state index in [1.54, 1.807) is 65.9 Å². The minimum Gasteiger partial charge on any atom is -0.744 e. The molecule has 84 heavy (non-hydrogen) atoms. The van der Waals surface area contributed by atoms with Gasteiger partial charge >= 0.3 is 17.9 Å². The molecule has 6 aromatic rings. The maximum atomic E-state index is 12.7. The summed E-state index contributed by atoms with van der Waals surface area (Å²) < 4.78 is 202. The number of halogens is 3. The maximum Gasteiger partial charge on any atom is 0.337 e. The van der Waals surface area contributed by atoms with Crippen LogP contribution in [-0.2, 0) is 70.2 Å². The topological polar surface area (TPSA) is 433 Å². The SMILES string of the molecule is COC(=O)c1ccc(S(=O)(=O)[O-])cc1.Cc1ccc(I)c(S(=O)(=O)[O-])c1.O=C(O)c1ccc(S(=O)(=O)[O-])cc1.O=C(Oc1ccc(S(=O)(=O)[O-])cc1)C12CC3CC(CC(C3)C1)C2.O=S(=O)([O-])c1ccc(I)cc1.O=S(=O)([O-])c1ccccc1I. The molecule has 6 aromatic carbocycles. The molecule has 4 saturated carbocycles. The molecule has 0 atom stereocenters. The van der Waals surface area contributed by atoms with E-state index in [4.69, 9.17) is 9.84 Å². The number of rotatable bonds is 10. The van der Waals surface area contributed by atoms with E-state index in [0.717, 1.165) is 64.8 Å². The normalized spacial score (nSPS) is 17.9. The van der Waals surface area contributed by atoms with Crippen LogP contribution in [0.15, 0.2) is 169 Å². The molecule has 456 valence electrons. The van der Waals surface area contributed by atoms with Gasteiger partial charge in [-0.05, 0) is 258 Å². The Morgan fingerprint density at radius 3 is 1.17 bits per heavy atom. The van der Waals surface area contributed by atoms with Crippen molar-refractivity contribution in [3.05, 3.63) is 167 Å². The smallest absolute Gasteiger partial charge is 0.337 e. The fourth-order valence-electron chi connectivity index (χ4n) is 8.94. The molecule has 0 aliphatic heterocycles. The van der Waals surface area contributed by atoms with Crippen LogP contribution in [0.2, 0.25) is 0 Å². The predicted molar refractivity (Wildman–Crippen MR) is 314 cm³/mol. The summed E-state index contributed by atoms with van der Waals surface area (Å²) in [5.41, 5.74) is 0.551. The van der Waals surface area contributed by atoms with Crippen LogP contribution in [0.5, 0.6) is 5.75 Å². The predicted octanol–water partition coefficient (Wildman–Crippen LogP) is 7.27. The van der Waals surface area contributed by atoms with Crippen LogP contribution in [0.1, 0.15) is 64.8 Å². The molecule has 0 spiro atoms. The van der Waals surface area contributed by atoms with Gasteiger partial charge in [0.2, 0.25) is 0 Å². The van der Waals surface area contributed by atoms with Crippen LogP contribution in [0.3, 0.4) is 0 Å². The Bertz CT molecular complexity index is 4000. The van der Waals surface area contributed by atoms with Crippen LogP contribution in [0.4, 0.5) is 0 Å². The van der Waals surface area contributed by atoms with E-state index >= 15 is 0 Å². The van der Waals surface area contributed by atoms with Crippen molar-refractivity contribution < 1.29 is 107 Å². The van der Waals surface area contributed by atoms with E-state index in [1.807, 2.05) is 45.2 Å². The first-order valence-corrected chi connectivity index (χ1v) is 35.2. The van der Waals surface area contributed by atoms with Gasteiger partial charge in [-0.15, -0.1) is 0 Å². The first kappa shape index (κ1) is 71.9. The van der Waals surface area contributed by atoms with E-state index in [-0.39, 0.29) is 47.0 Å². The minimum atomic E-state index is -4.49. The number of aryl methyl sites for hydroxylation is 1. The maximum absolute atomic E-state index is 12.7. The van der Waals surface area contributed by atoms with Crippen molar-refractivity contribution in [1.29, 1.82) is 0 Å². The van der Waals surface area contributed by atoms with Gasteiger partial charge in [-0.3, -0.25) is 4.79 Å². The van der Waals surface area contributed by atoms with Gasteiger partial charge in [-0.1, -0.05) is 18.2 Å². The van der Waals surface area contributed by atoms with Crippen LogP contribution >= 0.6 is 67.8 Å². The minimum absolute atomic E-state index is 0.0626. The van der Waals surface area contributed by atoms with Crippen molar-refractivity contribution in [1.82, 2.24) is 0 Å². The van der Waals surface area contributed by atoms with Crippen molar-refractivity contribution in [2.24, 2.45) is 23.2 Å². The molecule has 33 heteroatoms. The van der Waals surface area contributed by atoms with Crippen molar-refractivity contribution >= 4 is 146 Å². The molecular formula is C51H45I3O24S6-6. The molecule has 0 unspecified atom stereocenters. The molecule has 0 saturated heterocycles. The number of aromatic carboxylic acids is 1. The molecule has 1 N–H and O–H groups in total. The zero-order valence-electron chi connectivity index (χ0n) is 43.2. The summed E-state index contributed by atoms with van der Waals surface area (Å²) >= 11 is 5.66. The number of benzene rings is 6. The summed E-state index contributed by atoms with van der Waals surface area (Å²) in [7, 11) is -25.1. The molecular weight excluding hydrogens is 1570 g/mol. The number of carbonyl (C=O) groups is 3. The lowest BCUT2D eigenvalue weighted by atomic mass is 9.49. The summed E-state index contributed by atoms with van der Waals surface area (Å²) in [6.07, 6.45) is 6.52. The molecule has 0 aromatic heterocycles. The van der Waals surface area contributed by atoms with E-state index in [1.165, 1.54) is 93.1 Å². The van der Waals surface area contributed by atoms with Crippen molar-refractivity contribution in [3.63, 3.8) is 0 Å².